The zero-order valence-electron chi connectivity index (χ0n) is 19.3. The number of nitrogens with zero attached hydrogens (tertiary/aromatic N) is 2. The van der Waals surface area contributed by atoms with Gasteiger partial charge in [0.25, 0.3) is 5.91 Å². The highest BCUT2D eigenvalue weighted by molar-refractivity contribution is 6.21. The summed E-state index contributed by atoms with van der Waals surface area (Å²) in [5.74, 6) is -1.90. The smallest absolute Gasteiger partial charge is 0.413 e. The molecule has 3 amide bonds. The lowest BCUT2D eigenvalue weighted by Crippen LogP contribution is -2.63. The second-order valence-electron chi connectivity index (χ2n) is 8.22. The third kappa shape index (κ3) is 5.18. The Morgan fingerprint density at radius 1 is 1.12 bits per heavy atom. The minimum absolute atomic E-state index is 0.0460. The SMILES string of the molecule is CCOC(=O)[C@@]1(N(COC)C(=O)OC(C)(C)C)CC(=O)N(Cc2ccc(OC)cc2)C1=O. The quantitative estimate of drug-likeness (QED) is 0.256. The summed E-state index contributed by atoms with van der Waals surface area (Å²) in [5, 5.41) is 0. The van der Waals surface area contributed by atoms with Crippen LogP contribution in [-0.4, -0.2) is 72.4 Å². The van der Waals surface area contributed by atoms with Crippen molar-refractivity contribution in [2.45, 2.75) is 51.8 Å². The molecular formula is C22H30N2O8. The molecule has 1 heterocycles. The summed E-state index contributed by atoms with van der Waals surface area (Å²) in [6.45, 7) is 5.91. The Morgan fingerprint density at radius 2 is 1.75 bits per heavy atom. The highest BCUT2D eigenvalue weighted by Crippen LogP contribution is 2.34. The molecule has 1 aliphatic rings. The molecule has 1 aromatic carbocycles. The number of ether oxygens (including phenoxy) is 4. The van der Waals surface area contributed by atoms with E-state index in [2.05, 4.69) is 0 Å². The molecule has 0 radical (unpaired) electrons. The number of carbonyl (C=O) groups excluding carboxylic acids is 4. The van der Waals surface area contributed by atoms with Crippen LogP contribution in [0.25, 0.3) is 0 Å². The number of amides is 3. The molecular weight excluding hydrogens is 420 g/mol. The fourth-order valence-corrected chi connectivity index (χ4v) is 3.30. The van der Waals surface area contributed by atoms with E-state index in [0.29, 0.717) is 11.3 Å². The van der Waals surface area contributed by atoms with Gasteiger partial charge in [0, 0.05) is 7.11 Å². The van der Waals surface area contributed by atoms with Crippen molar-refractivity contribution in [3.8, 4) is 5.75 Å². The molecule has 0 saturated carbocycles. The van der Waals surface area contributed by atoms with Crippen LogP contribution in [0.1, 0.15) is 39.7 Å². The normalized spacial score (nSPS) is 18.5. The van der Waals surface area contributed by atoms with Gasteiger partial charge in [0.2, 0.25) is 11.4 Å². The number of imide groups is 1. The maximum Gasteiger partial charge on any atom is 0.413 e. The van der Waals surface area contributed by atoms with Gasteiger partial charge in [-0.05, 0) is 45.4 Å². The summed E-state index contributed by atoms with van der Waals surface area (Å²) in [6, 6.07) is 6.78. The predicted octanol–water partition coefficient (Wildman–Crippen LogP) is 2.10. The van der Waals surface area contributed by atoms with Gasteiger partial charge in [0.05, 0.1) is 26.7 Å². The number of methoxy groups -OCH3 is 2. The van der Waals surface area contributed by atoms with Crippen LogP contribution in [0.4, 0.5) is 4.79 Å². The van der Waals surface area contributed by atoms with Crippen LogP contribution in [0.15, 0.2) is 24.3 Å². The van der Waals surface area contributed by atoms with Gasteiger partial charge in [-0.1, -0.05) is 12.1 Å². The molecule has 1 aromatic rings. The first-order valence-electron chi connectivity index (χ1n) is 10.1. The molecule has 0 unspecified atom stereocenters. The van der Waals surface area contributed by atoms with Gasteiger partial charge < -0.3 is 18.9 Å². The second kappa shape index (κ2) is 9.99. The Labute approximate surface area is 187 Å². The van der Waals surface area contributed by atoms with Gasteiger partial charge in [-0.2, -0.15) is 0 Å². The van der Waals surface area contributed by atoms with Crippen LogP contribution < -0.4 is 4.74 Å². The second-order valence-corrected chi connectivity index (χ2v) is 8.22. The summed E-state index contributed by atoms with van der Waals surface area (Å²) in [4.78, 5) is 54.2. The number of likely N-dealkylation sites (tertiary alicyclic amines) is 1. The monoisotopic (exact) mass is 450 g/mol. The van der Waals surface area contributed by atoms with E-state index < -0.39 is 48.2 Å². The predicted molar refractivity (Wildman–Crippen MR) is 112 cm³/mol. The molecule has 1 aliphatic heterocycles. The first-order chi connectivity index (χ1) is 15.0. The Balaban J connectivity index is 2.47. The van der Waals surface area contributed by atoms with Crippen LogP contribution >= 0.6 is 0 Å². The van der Waals surface area contributed by atoms with Crippen LogP contribution in [0.5, 0.6) is 5.75 Å². The summed E-state index contributed by atoms with van der Waals surface area (Å²) < 4.78 is 20.7. The van der Waals surface area contributed by atoms with Crippen LogP contribution in [0, 0.1) is 0 Å². The highest BCUT2D eigenvalue weighted by atomic mass is 16.6. The molecule has 1 atom stereocenters. The van der Waals surface area contributed by atoms with E-state index in [1.54, 1.807) is 52.0 Å². The summed E-state index contributed by atoms with van der Waals surface area (Å²) >= 11 is 0. The average Bonchev–Trinajstić information content (AvgIpc) is 2.97. The van der Waals surface area contributed by atoms with Crippen molar-refractivity contribution in [2.24, 2.45) is 0 Å². The lowest BCUT2D eigenvalue weighted by atomic mass is 9.95. The number of esters is 1. The van der Waals surface area contributed by atoms with Gasteiger partial charge in [-0.25, -0.2) is 9.59 Å². The first-order valence-corrected chi connectivity index (χ1v) is 10.1. The van der Waals surface area contributed by atoms with Crippen molar-refractivity contribution in [3.05, 3.63) is 29.8 Å². The molecule has 0 aromatic heterocycles. The molecule has 10 heteroatoms. The maximum absolute atomic E-state index is 13.5. The fourth-order valence-electron chi connectivity index (χ4n) is 3.30. The van der Waals surface area contributed by atoms with Crippen LogP contribution in [0.3, 0.4) is 0 Å². The average molecular weight is 450 g/mol. The van der Waals surface area contributed by atoms with E-state index in [0.717, 1.165) is 9.80 Å². The zero-order chi connectivity index (χ0) is 24.1. The molecule has 1 fully saturated rings. The van der Waals surface area contributed by atoms with Gasteiger partial charge in [-0.3, -0.25) is 19.4 Å². The van der Waals surface area contributed by atoms with Gasteiger partial charge in [-0.15, -0.1) is 0 Å². The third-order valence-corrected chi connectivity index (χ3v) is 4.75. The Morgan fingerprint density at radius 3 is 2.25 bits per heavy atom. The highest BCUT2D eigenvalue weighted by Gasteiger charge is 2.63. The third-order valence-electron chi connectivity index (χ3n) is 4.75. The zero-order valence-corrected chi connectivity index (χ0v) is 19.3. The molecule has 0 aliphatic carbocycles. The molecule has 32 heavy (non-hydrogen) atoms. The van der Waals surface area contributed by atoms with E-state index in [1.807, 2.05) is 0 Å². The Kier molecular flexibility index (Phi) is 7.84. The number of hydrogen-bond donors (Lipinski definition) is 0. The largest absolute Gasteiger partial charge is 0.497 e. The van der Waals surface area contributed by atoms with Crippen molar-refractivity contribution < 1.29 is 38.1 Å². The minimum Gasteiger partial charge on any atom is -0.497 e. The summed E-state index contributed by atoms with van der Waals surface area (Å²) in [6.07, 6.45) is -1.55. The minimum atomic E-state index is -2.22. The lowest BCUT2D eigenvalue weighted by molar-refractivity contribution is -0.167. The summed E-state index contributed by atoms with van der Waals surface area (Å²) in [5.41, 5.74) is -2.49. The summed E-state index contributed by atoms with van der Waals surface area (Å²) in [7, 11) is 2.82. The lowest BCUT2D eigenvalue weighted by Gasteiger charge is -2.37. The van der Waals surface area contributed by atoms with Crippen molar-refractivity contribution in [2.75, 3.05) is 27.6 Å². The number of rotatable bonds is 8. The van der Waals surface area contributed by atoms with E-state index in [9.17, 15) is 19.2 Å². The van der Waals surface area contributed by atoms with E-state index in [1.165, 1.54) is 14.2 Å². The number of benzene rings is 1. The standard InChI is InChI=1S/C22H30N2O8/c1-7-31-19(27)22(24(14-29-5)20(28)32-21(2,3)4)12-17(25)23(18(22)26)13-15-8-10-16(30-6)11-9-15/h8-11H,7,12-14H2,1-6H3/t22-/m1/s1. The van der Waals surface area contributed by atoms with E-state index in [4.69, 9.17) is 18.9 Å². The Hall–Kier alpha value is -3.14. The molecule has 0 spiro atoms. The topological polar surface area (TPSA) is 112 Å². The molecule has 0 bridgehead atoms. The molecule has 1 saturated heterocycles. The van der Waals surface area contributed by atoms with Crippen molar-refractivity contribution >= 4 is 23.9 Å². The van der Waals surface area contributed by atoms with Crippen LogP contribution in [-0.2, 0) is 35.1 Å². The van der Waals surface area contributed by atoms with Gasteiger partial charge in [0.15, 0.2) is 0 Å². The Bertz CT molecular complexity index is 862. The van der Waals surface area contributed by atoms with Crippen molar-refractivity contribution in [1.29, 1.82) is 0 Å². The maximum atomic E-state index is 13.5. The van der Waals surface area contributed by atoms with E-state index >= 15 is 0 Å². The van der Waals surface area contributed by atoms with Gasteiger partial charge >= 0.3 is 12.1 Å². The molecule has 2 rings (SSSR count). The molecule has 176 valence electrons. The molecule has 10 nitrogen and oxygen atoms in total. The van der Waals surface area contributed by atoms with Crippen LogP contribution in [0.2, 0.25) is 0 Å². The van der Waals surface area contributed by atoms with Crippen molar-refractivity contribution in [3.63, 3.8) is 0 Å². The number of hydrogen-bond acceptors (Lipinski definition) is 8. The van der Waals surface area contributed by atoms with Gasteiger partial charge in [0.1, 0.15) is 18.1 Å². The first kappa shape index (κ1) is 25.1. The van der Waals surface area contributed by atoms with E-state index in [-0.39, 0.29) is 13.2 Å². The molecule has 0 N–H and O–H groups in total. The fraction of sp³-hybridized carbons (Fsp3) is 0.545. The number of carbonyl (C=O) groups is 4. The van der Waals surface area contributed by atoms with Crippen molar-refractivity contribution in [1.82, 2.24) is 9.80 Å².